The standard InChI is InChI=1S/C9H20N2O/c1-9(12)8-11-6-3-2-4-10-5-7-11/h9-10,12H,2-8H2,1H3. The molecule has 0 radical (unpaired) electrons. The molecule has 0 aromatic rings. The number of rotatable bonds is 2. The number of β-amino-alcohol motifs (C(OH)–C–C–N with tert-alkyl or cyclic N) is 1. The van der Waals surface area contributed by atoms with Gasteiger partial charge in [0.05, 0.1) is 6.10 Å². The number of hydrogen-bond donors (Lipinski definition) is 2. The van der Waals surface area contributed by atoms with Crippen molar-refractivity contribution >= 4 is 0 Å². The van der Waals surface area contributed by atoms with Crippen LogP contribution in [0.1, 0.15) is 19.8 Å². The first kappa shape index (κ1) is 9.96. The summed E-state index contributed by atoms with van der Waals surface area (Å²) in [6.45, 7) is 7.11. The summed E-state index contributed by atoms with van der Waals surface area (Å²) in [4.78, 5) is 2.33. The smallest absolute Gasteiger partial charge is 0.0639 e. The van der Waals surface area contributed by atoms with Crippen LogP contribution in [-0.2, 0) is 0 Å². The summed E-state index contributed by atoms with van der Waals surface area (Å²) in [5.41, 5.74) is 0. The lowest BCUT2D eigenvalue weighted by atomic mass is 10.2. The molecule has 0 aliphatic carbocycles. The first-order valence-electron chi connectivity index (χ1n) is 4.90. The molecule has 0 amide bonds. The Bertz CT molecular complexity index is 109. The number of nitrogens with one attached hydrogen (secondary N) is 1. The van der Waals surface area contributed by atoms with Gasteiger partial charge < -0.3 is 10.4 Å². The second-order valence-electron chi connectivity index (χ2n) is 3.61. The first-order chi connectivity index (χ1) is 5.79. The highest BCUT2D eigenvalue weighted by molar-refractivity contribution is 4.66. The topological polar surface area (TPSA) is 35.5 Å². The molecule has 1 saturated heterocycles. The minimum Gasteiger partial charge on any atom is -0.392 e. The van der Waals surface area contributed by atoms with Crippen LogP contribution < -0.4 is 5.32 Å². The molecule has 1 rings (SSSR count). The van der Waals surface area contributed by atoms with Gasteiger partial charge in [0.2, 0.25) is 0 Å². The Hall–Kier alpha value is -0.120. The van der Waals surface area contributed by atoms with Gasteiger partial charge >= 0.3 is 0 Å². The Morgan fingerprint density at radius 3 is 2.92 bits per heavy atom. The van der Waals surface area contributed by atoms with E-state index >= 15 is 0 Å². The predicted octanol–water partition coefficient (Wildman–Crippen LogP) is 0.0526. The fourth-order valence-electron chi connectivity index (χ4n) is 1.62. The van der Waals surface area contributed by atoms with Crippen molar-refractivity contribution in [2.24, 2.45) is 0 Å². The van der Waals surface area contributed by atoms with Crippen LogP contribution in [0.2, 0.25) is 0 Å². The van der Waals surface area contributed by atoms with E-state index in [1.54, 1.807) is 0 Å². The Kier molecular flexibility index (Phi) is 4.58. The maximum absolute atomic E-state index is 9.20. The summed E-state index contributed by atoms with van der Waals surface area (Å²) in [7, 11) is 0. The zero-order valence-electron chi connectivity index (χ0n) is 7.92. The molecule has 0 aromatic heterocycles. The average molecular weight is 172 g/mol. The Balaban J connectivity index is 2.20. The molecule has 0 aromatic carbocycles. The van der Waals surface area contributed by atoms with E-state index in [0.29, 0.717) is 0 Å². The van der Waals surface area contributed by atoms with Crippen molar-refractivity contribution in [3.63, 3.8) is 0 Å². The van der Waals surface area contributed by atoms with Gasteiger partial charge in [-0.2, -0.15) is 0 Å². The maximum Gasteiger partial charge on any atom is 0.0639 e. The zero-order chi connectivity index (χ0) is 8.81. The number of aliphatic hydroxyl groups excluding tert-OH is 1. The van der Waals surface area contributed by atoms with Crippen molar-refractivity contribution < 1.29 is 5.11 Å². The van der Waals surface area contributed by atoms with Crippen molar-refractivity contribution in [2.75, 3.05) is 32.7 Å². The minimum absolute atomic E-state index is 0.190. The van der Waals surface area contributed by atoms with Crippen molar-refractivity contribution in [1.82, 2.24) is 10.2 Å². The molecule has 0 saturated carbocycles. The molecule has 2 N–H and O–H groups in total. The number of aliphatic hydroxyl groups is 1. The molecule has 3 heteroatoms. The highest BCUT2D eigenvalue weighted by atomic mass is 16.3. The van der Waals surface area contributed by atoms with Crippen LogP contribution >= 0.6 is 0 Å². The van der Waals surface area contributed by atoms with Crippen LogP contribution in [-0.4, -0.2) is 48.8 Å². The summed E-state index contributed by atoms with van der Waals surface area (Å²) in [6.07, 6.45) is 2.32. The molecule has 1 aliphatic heterocycles. The van der Waals surface area contributed by atoms with Crippen molar-refractivity contribution in [3.8, 4) is 0 Å². The molecule has 1 atom stereocenters. The molecule has 72 valence electrons. The van der Waals surface area contributed by atoms with E-state index in [1.807, 2.05) is 6.92 Å². The number of hydrogen-bond acceptors (Lipinski definition) is 3. The largest absolute Gasteiger partial charge is 0.392 e. The SMILES string of the molecule is CC(O)CN1CCCCNCC1. The van der Waals surface area contributed by atoms with Crippen LogP contribution in [0, 0.1) is 0 Å². The molecule has 1 aliphatic rings. The van der Waals surface area contributed by atoms with E-state index in [4.69, 9.17) is 0 Å². The molecule has 0 bridgehead atoms. The van der Waals surface area contributed by atoms with Crippen LogP contribution in [0.3, 0.4) is 0 Å². The lowest BCUT2D eigenvalue weighted by Crippen LogP contribution is -2.39. The molecule has 0 spiro atoms. The summed E-state index contributed by atoms with van der Waals surface area (Å²) in [5, 5.41) is 12.6. The van der Waals surface area contributed by atoms with Gasteiger partial charge in [-0.25, -0.2) is 0 Å². The third-order valence-corrected chi connectivity index (χ3v) is 2.21. The lowest BCUT2D eigenvalue weighted by Gasteiger charge is -2.25. The highest BCUT2D eigenvalue weighted by Crippen LogP contribution is 1.99. The first-order valence-corrected chi connectivity index (χ1v) is 4.90. The molecule has 1 fully saturated rings. The zero-order valence-corrected chi connectivity index (χ0v) is 7.92. The van der Waals surface area contributed by atoms with E-state index in [0.717, 1.165) is 32.7 Å². The second kappa shape index (κ2) is 5.51. The predicted molar refractivity (Wildman–Crippen MR) is 50.2 cm³/mol. The summed E-state index contributed by atoms with van der Waals surface area (Å²) < 4.78 is 0. The third-order valence-electron chi connectivity index (χ3n) is 2.21. The summed E-state index contributed by atoms with van der Waals surface area (Å²) in [6, 6.07) is 0. The van der Waals surface area contributed by atoms with Gasteiger partial charge in [0.15, 0.2) is 0 Å². The van der Waals surface area contributed by atoms with Gasteiger partial charge in [-0.1, -0.05) is 0 Å². The minimum atomic E-state index is -0.190. The fraction of sp³-hybridized carbons (Fsp3) is 1.00. The molecule has 3 nitrogen and oxygen atoms in total. The lowest BCUT2D eigenvalue weighted by molar-refractivity contribution is 0.123. The van der Waals surface area contributed by atoms with E-state index in [1.165, 1.54) is 12.8 Å². The Labute approximate surface area is 74.8 Å². The molecule has 1 unspecified atom stereocenters. The molecule has 1 heterocycles. The third kappa shape index (κ3) is 4.04. The van der Waals surface area contributed by atoms with Crippen molar-refractivity contribution in [1.29, 1.82) is 0 Å². The van der Waals surface area contributed by atoms with Gasteiger partial charge in [-0.05, 0) is 32.9 Å². The van der Waals surface area contributed by atoms with E-state index in [9.17, 15) is 5.11 Å². The molecule has 12 heavy (non-hydrogen) atoms. The van der Waals surface area contributed by atoms with Crippen LogP contribution in [0.5, 0.6) is 0 Å². The second-order valence-corrected chi connectivity index (χ2v) is 3.61. The molecular formula is C9H20N2O. The Morgan fingerprint density at radius 2 is 2.17 bits per heavy atom. The quantitative estimate of drug-likeness (QED) is 0.618. The maximum atomic E-state index is 9.20. The van der Waals surface area contributed by atoms with Crippen LogP contribution in [0.25, 0.3) is 0 Å². The average Bonchev–Trinajstić information content (AvgIpc) is 1.93. The van der Waals surface area contributed by atoms with Crippen LogP contribution in [0.4, 0.5) is 0 Å². The van der Waals surface area contributed by atoms with E-state index in [-0.39, 0.29) is 6.10 Å². The van der Waals surface area contributed by atoms with Gasteiger partial charge in [0.25, 0.3) is 0 Å². The molecular weight excluding hydrogens is 152 g/mol. The van der Waals surface area contributed by atoms with Crippen LogP contribution in [0.15, 0.2) is 0 Å². The van der Waals surface area contributed by atoms with Gasteiger partial charge in [-0.3, -0.25) is 4.90 Å². The monoisotopic (exact) mass is 172 g/mol. The number of nitrogens with zero attached hydrogens (tertiary/aromatic N) is 1. The van der Waals surface area contributed by atoms with Gasteiger partial charge in [0, 0.05) is 19.6 Å². The normalized spacial score (nSPS) is 24.5. The highest BCUT2D eigenvalue weighted by Gasteiger charge is 2.08. The van der Waals surface area contributed by atoms with E-state index in [2.05, 4.69) is 10.2 Å². The summed E-state index contributed by atoms with van der Waals surface area (Å²) in [5.74, 6) is 0. The fourth-order valence-corrected chi connectivity index (χ4v) is 1.62. The van der Waals surface area contributed by atoms with E-state index < -0.39 is 0 Å². The van der Waals surface area contributed by atoms with Crippen molar-refractivity contribution in [3.05, 3.63) is 0 Å². The summed E-state index contributed by atoms with van der Waals surface area (Å²) >= 11 is 0. The van der Waals surface area contributed by atoms with Crippen molar-refractivity contribution in [2.45, 2.75) is 25.9 Å². The Morgan fingerprint density at radius 1 is 1.33 bits per heavy atom. The van der Waals surface area contributed by atoms with Gasteiger partial charge in [-0.15, -0.1) is 0 Å². The van der Waals surface area contributed by atoms with Gasteiger partial charge in [0.1, 0.15) is 0 Å².